The van der Waals surface area contributed by atoms with Crippen LogP contribution in [0.15, 0.2) is 5.38 Å². The summed E-state index contributed by atoms with van der Waals surface area (Å²) in [5, 5.41) is 10.8. The van der Waals surface area contributed by atoms with Gasteiger partial charge in [0.25, 0.3) is 5.91 Å². The molecule has 0 bridgehead atoms. The van der Waals surface area contributed by atoms with E-state index >= 15 is 0 Å². The summed E-state index contributed by atoms with van der Waals surface area (Å²) in [5.74, 6) is -1.45. The number of likely N-dealkylation sites (N-methyl/N-ethyl adjacent to an activating group) is 1. The minimum atomic E-state index is -1.05. The van der Waals surface area contributed by atoms with Gasteiger partial charge in [0.2, 0.25) is 0 Å². The van der Waals surface area contributed by atoms with Crippen molar-refractivity contribution in [2.24, 2.45) is 0 Å². The molecule has 0 aromatic carbocycles. The van der Waals surface area contributed by atoms with Crippen LogP contribution in [0.5, 0.6) is 0 Å². The highest BCUT2D eigenvalue weighted by Gasteiger charge is 2.17. The van der Waals surface area contributed by atoms with E-state index in [2.05, 4.69) is 4.98 Å². The van der Waals surface area contributed by atoms with Gasteiger partial charge < -0.3 is 14.7 Å². The zero-order chi connectivity index (χ0) is 12.1. The molecule has 16 heavy (non-hydrogen) atoms. The lowest BCUT2D eigenvalue weighted by Crippen LogP contribution is -2.32. The van der Waals surface area contributed by atoms with Gasteiger partial charge >= 0.3 is 5.97 Å². The van der Waals surface area contributed by atoms with Crippen LogP contribution in [-0.2, 0) is 16.1 Å². The Morgan fingerprint density at radius 2 is 2.31 bits per heavy atom. The quantitative estimate of drug-likeness (QED) is 0.813. The minimum Gasteiger partial charge on any atom is -0.480 e. The van der Waals surface area contributed by atoms with Crippen LogP contribution >= 0.6 is 11.3 Å². The van der Waals surface area contributed by atoms with Crippen LogP contribution in [0.2, 0.25) is 0 Å². The highest BCUT2D eigenvalue weighted by Crippen LogP contribution is 2.12. The summed E-state index contributed by atoms with van der Waals surface area (Å²) in [6.07, 6.45) is 0. The highest BCUT2D eigenvalue weighted by molar-refractivity contribution is 7.09. The molecule has 0 saturated heterocycles. The number of amides is 1. The Kier molecular flexibility index (Phi) is 4.39. The number of carboxylic acid groups (broad SMARTS) is 1. The number of aromatic nitrogens is 1. The molecule has 0 radical (unpaired) electrons. The van der Waals surface area contributed by atoms with E-state index in [1.54, 1.807) is 12.5 Å². The summed E-state index contributed by atoms with van der Waals surface area (Å²) in [6, 6.07) is 0. The van der Waals surface area contributed by atoms with Crippen molar-refractivity contribution in [1.82, 2.24) is 9.88 Å². The Bertz CT molecular complexity index is 391. The number of ether oxygens (including phenoxy) is 1. The number of hydrogen-bond donors (Lipinski definition) is 1. The lowest BCUT2D eigenvalue weighted by molar-refractivity contribution is -0.137. The van der Waals surface area contributed by atoms with E-state index in [1.807, 2.05) is 0 Å². The van der Waals surface area contributed by atoms with Crippen LogP contribution in [0.25, 0.3) is 0 Å². The van der Waals surface area contributed by atoms with E-state index in [-0.39, 0.29) is 12.2 Å². The normalized spacial score (nSPS) is 10.1. The summed E-state index contributed by atoms with van der Waals surface area (Å²) < 4.78 is 4.87. The fourth-order valence-electron chi connectivity index (χ4n) is 1.07. The first-order valence-electron chi connectivity index (χ1n) is 4.45. The molecule has 0 aliphatic heterocycles. The van der Waals surface area contributed by atoms with Gasteiger partial charge in [-0.25, -0.2) is 4.98 Å². The van der Waals surface area contributed by atoms with Gasteiger partial charge in [0, 0.05) is 19.5 Å². The van der Waals surface area contributed by atoms with Crippen molar-refractivity contribution in [3.05, 3.63) is 16.1 Å². The zero-order valence-electron chi connectivity index (χ0n) is 8.97. The maximum absolute atomic E-state index is 11.7. The second-order valence-electron chi connectivity index (χ2n) is 3.11. The number of nitrogens with zero attached hydrogens (tertiary/aromatic N) is 2. The Balaban J connectivity index is 2.68. The van der Waals surface area contributed by atoms with Crippen molar-refractivity contribution in [3.8, 4) is 0 Å². The predicted molar refractivity (Wildman–Crippen MR) is 57.4 cm³/mol. The van der Waals surface area contributed by atoms with Gasteiger partial charge in [-0.1, -0.05) is 0 Å². The average Bonchev–Trinajstić information content (AvgIpc) is 2.64. The summed E-state index contributed by atoms with van der Waals surface area (Å²) in [7, 11) is 2.96. The molecular formula is C9H12N2O4S. The molecule has 1 rings (SSSR count). The van der Waals surface area contributed by atoms with E-state index in [9.17, 15) is 9.59 Å². The molecule has 0 aliphatic carbocycles. The number of carboxylic acids is 1. The molecule has 0 spiro atoms. The monoisotopic (exact) mass is 244 g/mol. The molecule has 88 valence electrons. The zero-order valence-corrected chi connectivity index (χ0v) is 9.78. The van der Waals surface area contributed by atoms with Gasteiger partial charge in [0.05, 0.1) is 6.61 Å². The first-order valence-corrected chi connectivity index (χ1v) is 5.33. The predicted octanol–water partition coefficient (Wildman–Crippen LogP) is 0.446. The van der Waals surface area contributed by atoms with Gasteiger partial charge in [0.15, 0.2) is 0 Å². The fourth-order valence-corrected chi connectivity index (χ4v) is 1.81. The van der Waals surface area contributed by atoms with Crippen molar-refractivity contribution in [2.75, 3.05) is 20.7 Å². The Hall–Kier alpha value is -1.47. The molecular weight excluding hydrogens is 232 g/mol. The lowest BCUT2D eigenvalue weighted by atomic mass is 10.4. The third kappa shape index (κ3) is 3.28. The SMILES string of the molecule is COCc1nc(C(=O)N(C)CC(=O)O)cs1. The smallest absolute Gasteiger partial charge is 0.323 e. The summed E-state index contributed by atoms with van der Waals surface area (Å²) in [4.78, 5) is 27.2. The number of hydrogen-bond acceptors (Lipinski definition) is 5. The molecule has 1 aromatic rings. The topological polar surface area (TPSA) is 79.7 Å². The van der Waals surface area contributed by atoms with Crippen LogP contribution in [0.4, 0.5) is 0 Å². The molecule has 0 saturated carbocycles. The van der Waals surface area contributed by atoms with E-state index in [1.165, 1.54) is 18.4 Å². The number of methoxy groups -OCH3 is 1. The number of carbonyl (C=O) groups is 2. The maximum Gasteiger partial charge on any atom is 0.323 e. The molecule has 1 amide bonds. The third-order valence-electron chi connectivity index (χ3n) is 1.76. The van der Waals surface area contributed by atoms with E-state index in [0.717, 1.165) is 4.90 Å². The van der Waals surface area contributed by atoms with Crippen LogP contribution in [0.1, 0.15) is 15.5 Å². The van der Waals surface area contributed by atoms with Crippen molar-refractivity contribution in [2.45, 2.75) is 6.61 Å². The number of aliphatic carboxylic acids is 1. The second-order valence-corrected chi connectivity index (χ2v) is 4.06. The molecule has 0 unspecified atom stereocenters. The first kappa shape index (κ1) is 12.6. The standard InChI is InChI=1S/C9H12N2O4S/c1-11(3-8(12)13)9(14)6-5-16-7(10-6)4-15-2/h5H,3-4H2,1-2H3,(H,12,13). The third-order valence-corrected chi connectivity index (χ3v) is 2.58. The van der Waals surface area contributed by atoms with Crippen LogP contribution in [0.3, 0.4) is 0 Å². The maximum atomic E-state index is 11.7. The van der Waals surface area contributed by atoms with Gasteiger partial charge in [-0.3, -0.25) is 9.59 Å². The molecule has 6 nitrogen and oxygen atoms in total. The first-order chi connectivity index (χ1) is 7.54. The Morgan fingerprint density at radius 3 is 2.88 bits per heavy atom. The second kappa shape index (κ2) is 5.57. The molecule has 1 N–H and O–H groups in total. The number of thiazole rings is 1. The van der Waals surface area contributed by atoms with Gasteiger partial charge in [-0.2, -0.15) is 0 Å². The van der Waals surface area contributed by atoms with Gasteiger partial charge in [0.1, 0.15) is 17.2 Å². The van der Waals surface area contributed by atoms with Crippen molar-refractivity contribution in [1.29, 1.82) is 0 Å². The number of carbonyl (C=O) groups excluding carboxylic acids is 1. The van der Waals surface area contributed by atoms with E-state index in [0.29, 0.717) is 11.6 Å². The molecule has 7 heteroatoms. The van der Waals surface area contributed by atoms with E-state index < -0.39 is 11.9 Å². The van der Waals surface area contributed by atoms with Gasteiger partial charge in [-0.05, 0) is 0 Å². The highest BCUT2D eigenvalue weighted by atomic mass is 32.1. The van der Waals surface area contributed by atoms with Crippen LogP contribution in [-0.4, -0.2) is 47.6 Å². The molecule has 0 atom stereocenters. The largest absolute Gasteiger partial charge is 0.480 e. The molecule has 0 fully saturated rings. The number of rotatable bonds is 5. The lowest BCUT2D eigenvalue weighted by Gasteiger charge is -2.12. The van der Waals surface area contributed by atoms with Crippen LogP contribution in [0, 0.1) is 0 Å². The van der Waals surface area contributed by atoms with Crippen LogP contribution < -0.4 is 0 Å². The fraction of sp³-hybridized carbons (Fsp3) is 0.444. The minimum absolute atomic E-state index is 0.251. The van der Waals surface area contributed by atoms with Crippen molar-refractivity contribution < 1.29 is 19.4 Å². The summed E-state index contributed by atoms with van der Waals surface area (Å²) >= 11 is 1.31. The average molecular weight is 244 g/mol. The molecule has 1 aromatic heterocycles. The Morgan fingerprint density at radius 1 is 1.62 bits per heavy atom. The summed E-state index contributed by atoms with van der Waals surface area (Å²) in [6.45, 7) is 0.0105. The van der Waals surface area contributed by atoms with Gasteiger partial charge in [-0.15, -0.1) is 11.3 Å². The molecule has 1 heterocycles. The Labute approximate surface area is 96.5 Å². The van der Waals surface area contributed by atoms with E-state index in [4.69, 9.17) is 9.84 Å². The van der Waals surface area contributed by atoms with Crippen molar-refractivity contribution in [3.63, 3.8) is 0 Å². The van der Waals surface area contributed by atoms with Crippen molar-refractivity contribution >= 4 is 23.2 Å². The summed E-state index contributed by atoms with van der Waals surface area (Å²) in [5.41, 5.74) is 0.251. The molecule has 0 aliphatic rings.